The topological polar surface area (TPSA) is 12.0 Å². The summed E-state index contributed by atoms with van der Waals surface area (Å²) in [6, 6.07) is 6.06. The average Bonchev–Trinajstić information content (AvgIpc) is 2.31. The number of hydrogen-bond acceptors (Lipinski definition) is 1. The molecule has 0 aromatic heterocycles. The van der Waals surface area contributed by atoms with E-state index in [2.05, 4.69) is 5.32 Å². The molecular formula is C14H11F4N. The Hall–Kier alpha value is -2.04. The van der Waals surface area contributed by atoms with Gasteiger partial charge in [-0.05, 0) is 25.1 Å². The summed E-state index contributed by atoms with van der Waals surface area (Å²) >= 11 is 0. The van der Waals surface area contributed by atoms with Crippen molar-refractivity contribution in [3.63, 3.8) is 0 Å². The number of halogens is 4. The molecule has 2 aromatic rings. The van der Waals surface area contributed by atoms with Gasteiger partial charge in [0.2, 0.25) is 0 Å². The molecule has 19 heavy (non-hydrogen) atoms. The van der Waals surface area contributed by atoms with Crippen LogP contribution < -0.4 is 5.32 Å². The van der Waals surface area contributed by atoms with Crippen LogP contribution in [-0.4, -0.2) is 0 Å². The van der Waals surface area contributed by atoms with Crippen LogP contribution in [0, 0.1) is 23.3 Å². The molecule has 0 saturated carbocycles. The second-order valence-electron chi connectivity index (χ2n) is 4.17. The van der Waals surface area contributed by atoms with Crippen LogP contribution in [0.3, 0.4) is 0 Å². The number of hydrogen-bond donors (Lipinski definition) is 1. The summed E-state index contributed by atoms with van der Waals surface area (Å²) in [7, 11) is 0. The third-order valence-corrected chi connectivity index (χ3v) is 2.69. The van der Waals surface area contributed by atoms with Crippen molar-refractivity contribution in [3.05, 3.63) is 65.2 Å². The summed E-state index contributed by atoms with van der Waals surface area (Å²) in [5.74, 6) is -3.42. The monoisotopic (exact) mass is 269 g/mol. The molecule has 0 fully saturated rings. The first-order chi connectivity index (χ1) is 8.97. The summed E-state index contributed by atoms with van der Waals surface area (Å²) in [4.78, 5) is 0. The van der Waals surface area contributed by atoms with Crippen molar-refractivity contribution in [2.75, 3.05) is 5.32 Å². The zero-order valence-electron chi connectivity index (χ0n) is 10.1. The number of nitrogens with one attached hydrogen (secondary N) is 1. The number of benzene rings is 2. The van der Waals surface area contributed by atoms with Crippen LogP contribution in [-0.2, 0) is 0 Å². The van der Waals surface area contributed by atoms with E-state index in [0.29, 0.717) is 0 Å². The van der Waals surface area contributed by atoms with Crippen molar-refractivity contribution >= 4 is 5.69 Å². The van der Waals surface area contributed by atoms with Crippen LogP contribution in [0.25, 0.3) is 0 Å². The molecule has 1 nitrogen and oxygen atoms in total. The van der Waals surface area contributed by atoms with E-state index in [0.717, 1.165) is 24.3 Å². The SMILES string of the molecule is CC(Nc1cc(F)cc(F)c1)c1cccc(F)c1F. The highest BCUT2D eigenvalue weighted by atomic mass is 19.2. The van der Waals surface area contributed by atoms with E-state index >= 15 is 0 Å². The Kier molecular flexibility index (Phi) is 3.74. The molecule has 0 radical (unpaired) electrons. The molecule has 2 rings (SSSR count). The first kappa shape index (κ1) is 13.4. The largest absolute Gasteiger partial charge is 0.378 e. The molecule has 0 aliphatic heterocycles. The molecule has 5 heteroatoms. The highest BCUT2D eigenvalue weighted by molar-refractivity contribution is 5.46. The molecule has 0 amide bonds. The van der Waals surface area contributed by atoms with Gasteiger partial charge in [-0.15, -0.1) is 0 Å². The summed E-state index contributed by atoms with van der Waals surface area (Å²) in [5, 5.41) is 2.72. The van der Waals surface area contributed by atoms with Crippen LogP contribution in [0.2, 0.25) is 0 Å². The van der Waals surface area contributed by atoms with Gasteiger partial charge in [0.1, 0.15) is 11.6 Å². The quantitative estimate of drug-likeness (QED) is 0.813. The third kappa shape index (κ3) is 3.05. The van der Waals surface area contributed by atoms with Gasteiger partial charge in [-0.1, -0.05) is 12.1 Å². The first-order valence-corrected chi connectivity index (χ1v) is 5.64. The molecule has 1 unspecified atom stereocenters. The van der Waals surface area contributed by atoms with Crippen LogP contribution in [0.4, 0.5) is 23.2 Å². The van der Waals surface area contributed by atoms with Crippen LogP contribution in [0.5, 0.6) is 0 Å². The van der Waals surface area contributed by atoms with Crippen LogP contribution in [0.1, 0.15) is 18.5 Å². The van der Waals surface area contributed by atoms with Gasteiger partial charge in [-0.2, -0.15) is 0 Å². The fraction of sp³-hybridized carbons (Fsp3) is 0.143. The molecular weight excluding hydrogens is 258 g/mol. The maximum atomic E-state index is 13.6. The summed E-state index contributed by atoms with van der Waals surface area (Å²) in [6.45, 7) is 1.57. The Morgan fingerprint density at radius 1 is 0.947 bits per heavy atom. The van der Waals surface area contributed by atoms with Crippen molar-refractivity contribution in [2.45, 2.75) is 13.0 Å². The van der Waals surface area contributed by atoms with Crippen molar-refractivity contribution in [1.82, 2.24) is 0 Å². The van der Waals surface area contributed by atoms with Gasteiger partial charge < -0.3 is 5.32 Å². The van der Waals surface area contributed by atoms with E-state index in [9.17, 15) is 17.6 Å². The van der Waals surface area contributed by atoms with Gasteiger partial charge in [0.15, 0.2) is 11.6 Å². The van der Waals surface area contributed by atoms with Gasteiger partial charge in [-0.3, -0.25) is 0 Å². The summed E-state index contributed by atoms with van der Waals surface area (Å²) in [6.07, 6.45) is 0. The summed E-state index contributed by atoms with van der Waals surface area (Å²) < 4.78 is 52.7. The lowest BCUT2D eigenvalue weighted by Gasteiger charge is -2.16. The Bertz CT molecular complexity index is 578. The minimum Gasteiger partial charge on any atom is -0.378 e. The van der Waals surface area contributed by atoms with Gasteiger partial charge in [0, 0.05) is 17.3 Å². The molecule has 0 saturated heterocycles. The third-order valence-electron chi connectivity index (χ3n) is 2.69. The Balaban J connectivity index is 2.25. The predicted octanol–water partition coefficient (Wildman–Crippen LogP) is 4.42. The van der Waals surface area contributed by atoms with Gasteiger partial charge in [0.05, 0.1) is 6.04 Å². The van der Waals surface area contributed by atoms with Crippen molar-refractivity contribution in [2.24, 2.45) is 0 Å². The minimum absolute atomic E-state index is 0.0877. The lowest BCUT2D eigenvalue weighted by atomic mass is 10.1. The van der Waals surface area contributed by atoms with Gasteiger partial charge >= 0.3 is 0 Å². The molecule has 2 aromatic carbocycles. The first-order valence-electron chi connectivity index (χ1n) is 5.64. The number of anilines is 1. The zero-order valence-corrected chi connectivity index (χ0v) is 10.1. The standard InChI is InChI=1S/C14H11F4N/c1-8(12-3-2-4-13(17)14(12)18)19-11-6-9(15)5-10(16)7-11/h2-8,19H,1H3. The molecule has 0 aliphatic rings. The predicted molar refractivity (Wildman–Crippen MR) is 64.8 cm³/mol. The summed E-state index contributed by atoms with van der Waals surface area (Å²) in [5.41, 5.74) is 0.248. The molecule has 1 atom stereocenters. The fourth-order valence-electron chi connectivity index (χ4n) is 1.82. The number of rotatable bonds is 3. The molecule has 0 spiro atoms. The van der Waals surface area contributed by atoms with E-state index in [-0.39, 0.29) is 11.3 Å². The lowest BCUT2D eigenvalue weighted by Crippen LogP contribution is -2.10. The van der Waals surface area contributed by atoms with Gasteiger partial charge in [-0.25, -0.2) is 17.6 Å². The van der Waals surface area contributed by atoms with E-state index in [1.165, 1.54) is 12.1 Å². The smallest absolute Gasteiger partial charge is 0.164 e. The van der Waals surface area contributed by atoms with E-state index in [1.807, 2.05) is 0 Å². The van der Waals surface area contributed by atoms with Crippen molar-refractivity contribution < 1.29 is 17.6 Å². The van der Waals surface area contributed by atoms with Gasteiger partial charge in [0.25, 0.3) is 0 Å². The second-order valence-corrected chi connectivity index (χ2v) is 4.17. The highest BCUT2D eigenvalue weighted by Gasteiger charge is 2.14. The Morgan fingerprint density at radius 3 is 2.21 bits per heavy atom. The minimum atomic E-state index is -0.973. The van der Waals surface area contributed by atoms with Crippen LogP contribution >= 0.6 is 0 Å². The maximum absolute atomic E-state index is 13.6. The Morgan fingerprint density at radius 2 is 1.58 bits per heavy atom. The van der Waals surface area contributed by atoms with Crippen molar-refractivity contribution in [1.29, 1.82) is 0 Å². The van der Waals surface area contributed by atoms with Crippen LogP contribution in [0.15, 0.2) is 36.4 Å². The maximum Gasteiger partial charge on any atom is 0.164 e. The van der Waals surface area contributed by atoms with E-state index in [4.69, 9.17) is 0 Å². The lowest BCUT2D eigenvalue weighted by molar-refractivity contribution is 0.494. The Labute approximate surface area is 107 Å². The molecule has 1 N–H and O–H groups in total. The fourth-order valence-corrected chi connectivity index (χ4v) is 1.82. The zero-order chi connectivity index (χ0) is 14.0. The molecule has 0 heterocycles. The van der Waals surface area contributed by atoms with E-state index < -0.39 is 29.3 Å². The molecule has 0 aliphatic carbocycles. The molecule has 100 valence electrons. The highest BCUT2D eigenvalue weighted by Crippen LogP contribution is 2.24. The second kappa shape index (κ2) is 5.30. The average molecular weight is 269 g/mol. The molecule has 0 bridgehead atoms. The van der Waals surface area contributed by atoms with Crippen molar-refractivity contribution in [3.8, 4) is 0 Å². The normalized spacial score (nSPS) is 12.3. The van der Waals surface area contributed by atoms with E-state index in [1.54, 1.807) is 6.92 Å².